The van der Waals surface area contributed by atoms with E-state index < -0.39 is 0 Å². The summed E-state index contributed by atoms with van der Waals surface area (Å²) in [5, 5.41) is 6.85. The molecule has 0 spiro atoms. The first-order valence-electron chi connectivity index (χ1n) is 7.16. The Balaban J connectivity index is 1.69. The zero-order valence-corrected chi connectivity index (χ0v) is 11.3. The number of anilines is 1. The first kappa shape index (κ1) is 13.3. The van der Waals surface area contributed by atoms with Crippen LogP contribution in [0, 0.1) is 0 Å². The highest BCUT2D eigenvalue weighted by atomic mass is 15.1. The lowest BCUT2D eigenvalue weighted by Crippen LogP contribution is -2.35. The third-order valence-corrected chi connectivity index (χ3v) is 3.43. The number of aromatic nitrogens is 2. The SMILES string of the molecule is CCCc1cnc(NCCC2CCCCN2)nc1. The summed E-state index contributed by atoms with van der Waals surface area (Å²) >= 11 is 0. The van der Waals surface area contributed by atoms with Gasteiger partial charge in [-0.2, -0.15) is 0 Å². The van der Waals surface area contributed by atoms with Gasteiger partial charge in [0.2, 0.25) is 5.95 Å². The molecular weight excluding hydrogens is 224 g/mol. The minimum atomic E-state index is 0.672. The fourth-order valence-corrected chi connectivity index (χ4v) is 2.39. The Morgan fingerprint density at radius 1 is 1.33 bits per heavy atom. The van der Waals surface area contributed by atoms with Crippen LogP contribution in [0.4, 0.5) is 5.95 Å². The normalized spacial score (nSPS) is 19.7. The standard InChI is InChI=1S/C14H24N4/c1-2-5-12-10-17-14(18-11-12)16-9-7-13-6-3-4-8-15-13/h10-11,13,15H,2-9H2,1H3,(H,16,17,18). The summed E-state index contributed by atoms with van der Waals surface area (Å²) in [7, 11) is 0. The van der Waals surface area contributed by atoms with Crippen molar-refractivity contribution in [2.24, 2.45) is 0 Å². The number of piperidine rings is 1. The van der Waals surface area contributed by atoms with E-state index in [9.17, 15) is 0 Å². The van der Waals surface area contributed by atoms with Crippen molar-refractivity contribution in [2.75, 3.05) is 18.4 Å². The van der Waals surface area contributed by atoms with Crippen LogP contribution in [-0.4, -0.2) is 29.1 Å². The molecule has 1 atom stereocenters. The third-order valence-electron chi connectivity index (χ3n) is 3.43. The molecule has 1 fully saturated rings. The third kappa shape index (κ3) is 4.26. The van der Waals surface area contributed by atoms with E-state index in [0.717, 1.165) is 31.8 Å². The lowest BCUT2D eigenvalue weighted by molar-refractivity contribution is 0.388. The highest BCUT2D eigenvalue weighted by molar-refractivity contribution is 5.24. The maximum Gasteiger partial charge on any atom is 0.222 e. The van der Waals surface area contributed by atoms with Crippen molar-refractivity contribution in [1.29, 1.82) is 0 Å². The van der Waals surface area contributed by atoms with Crippen molar-refractivity contribution >= 4 is 5.95 Å². The Bertz CT molecular complexity index is 330. The van der Waals surface area contributed by atoms with Crippen molar-refractivity contribution in [3.63, 3.8) is 0 Å². The first-order valence-corrected chi connectivity index (χ1v) is 7.16. The molecule has 0 aromatic carbocycles. The molecule has 2 rings (SSSR count). The molecule has 0 saturated carbocycles. The summed E-state index contributed by atoms with van der Waals surface area (Å²) in [6, 6.07) is 0.672. The number of hydrogen-bond acceptors (Lipinski definition) is 4. The average molecular weight is 248 g/mol. The van der Waals surface area contributed by atoms with Crippen LogP contribution in [-0.2, 0) is 6.42 Å². The summed E-state index contributed by atoms with van der Waals surface area (Å²) in [5.41, 5.74) is 1.22. The van der Waals surface area contributed by atoms with Crippen molar-refractivity contribution < 1.29 is 0 Å². The highest BCUT2D eigenvalue weighted by Gasteiger charge is 2.11. The second-order valence-electron chi connectivity index (χ2n) is 5.03. The van der Waals surface area contributed by atoms with E-state index in [4.69, 9.17) is 0 Å². The van der Waals surface area contributed by atoms with Crippen molar-refractivity contribution in [3.05, 3.63) is 18.0 Å². The number of nitrogens with zero attached hydrogens (tertiary/aromatic N) is 2. The van der Waals surface area contributed by atoms with Gasteiger partial charge in [-0.3, -0.25) is 0 Å². The van der Waals surface area contributed by atoms with Crippen LogP contribution in [0.5, 0.6) is 0 Å². The molecule has 18 heavy (non-hydrogen) atoms. The van der Waals surface area contributed by atoms with Gasteiger partial charge in [-0.1, -0.05) is 19.8 Å². The fourth-order valence-electron chi connectivity index (χ4n) is 2.39. The van der Waals surface area contributed by atoms with Crippen LogP contribution < -0.4 is 10.6 Å². The van der Waals surface area contributed by atoms with E-state index in [0.29, 0.717) is 6.04 Å². The van der Waals surface area contributed by atoms with Gasteiger partial charge >= 0.3 is 0 Å². The molecule has 2 N–H and O–H groups in total. The van der Waals surface area contributed by atoms with E-state index >= 15 is 0 Å². The summed E-state index contributed by atoms with van der Waals surface area (Å²) in [6.45, 7) is 4.29. The first-order chi connectivity index (χ1) is 8.88. The van der Waals surface area contributed by atoms with Gasteiger partial charge in [0.1, 0.15) is 0 Å². The van der Waals surface area contributed by atoms with Gasteiger partial charge in [-0.05, 0) is 37.8 Å². The van der Waals surface area contributed by atoms with Crippen LogP contribution in [0.3, 0.4) is 0 Å². The van der Waals surface area contributed by atoms with Crippen LogP contribution in [0.25, 0.3) is 0 Å². The van der Waals surface area contributed by atoms with Crippen LogP contribution >= 0.6 is 0 Å². The van der Waals surface area contributed by atoms with Crippen LogP contribution in [0.15, 0.2) is 12.4 Å². The summed E-state index contributed by atoms with van der Waals surface area (Å²) in [5.74, 6) is 0.755. The minimum absolute atomic E-state index is 0.672. The molecule has 0 bridgehead atoms. The molecule has 0 amide bonds. The average Bonchev–Trinajstić information content (AvgIpc) is 2.42. The minimum Gasteiger partial charge on any atom is -0.354 e. The lowest BCUT2D eigenvalue weighted by Gasteiger charge is -2.23. The molecular formula is C14H24N4. The molecule has 1 aromatic rings. The molecule has 1 saturated heterocycles. The van der Waals surface area contributed by atoms with Gasteiger partial charge in [0.25, 0.3) is 0 Å². The fraction of sp³-hybridized carbons (Fsp3) is 0.714. The molecule has 4 heteroatoms. The van der Waals surface area contributed by atoms with Gasteiger partial charge in [0.15, 0.2) is 0 Å². The van der Waals surface area contributed by atoms with E-state index in [1.165, 1.54) is 31.4 Å². The summed E-state index contributed by atoms with van der Waals surface area (Å²) in [4.78, 5) is 8.67. The molecule has 1 aromatic heterocycles. The van der Waals surface area contributed by atoms with Gasteiger partial charge in [-0.15, -0.1) is 0 Å². The second kappa shape index (κ2) is 7.31. The number of aryl methyl sites for hydroxylation is 1. The smallest absolute Gasteiger partial charge is 0.222 e. The molecule has 1 aliphatic heterocycles. The lowest BCUT2D eigenvalue weighted by atomic mass is 10.0. The maximum absolute atomic E-state index is 4.34. The quantitative estimate of drug-likeness (QED) is 0.811. The summed E-state index contributed by atoms with van der Waals surface area (Å²) < 4.78 is 0. The molecule has 1 aliphatic rings. The van der Waals surface area contributed by atoms with E-state index in [1.807, 2.05) is 12.4 Å². The predicted molar refractivity (Wildman–Crippen MR) is 74.8 cm³/mol. The maximum atomic E-state index is 4.34. The summed E-state index contributed by atoms with van der Waals surface area (Å²) in [6.07, 6.45) is 11.2. The Labute approximate surface area is 110 Å². The molecule has 0 aliphatic carbocycles. The Morgan fingerprint density at radius 3 is 2.83 bits per heavy atom. The topological polar surface area (TPSA) is 49.8 Å². The second-order valence-corrected chi connectivity index (χ2v) is 5.03. The van der Waals surface area contributed by atoms with Gasteiger partial charge in [0.05, 0.1) is 0 Å². The number of rotatable bonds is 6. The monoisotopic (exact) mass is 248 g/mol. The Kier molecular flexibility index (Phi) is 5.39. The Morgan fingerprint density at radius 2 is 2.17 bits per heavy atom. The van der Waals surface area contributed by atoms with Gasteiger partial charge in [-0.25, -0.2) is 9.97 Å². The van der Waals surface area contributed by atoms with Crippen LogP contribution in [0.2, 0.25) is 0 Å². The van der Waals surface area contributed by atoms with Gasteiger partial charge < -0.3 is 10.6 Å². The van der Waals surface area contributed by atoms with Crippen LogP contribution in [0.1, 0.15) is 44.6 Å². The van der Waals surface area contributed by atoms with E-state index in [1.54, 1.807) is 0 Å². The zero-order valence-electron chi connectivity index (χ0n) is 11.3. The molecule has 4 nitrogen and oxygen atoms in total. The molecule has 2 heterocycles. The van der Waals surface area contributed by atoms with E-state index in [2.05, 4.69) is 27.5 Å². The largest absolute Gasteiger partial charge is 0.354 e. The number of nitrogens with one attached hydrogen (secondary N) is 2. The van der Waals surface area contributed by atoms with Crippen molar-refractivity contribution in [3.8, 4) is 0 Å². The van der Waals surface area contributed by atoms with Crippen molar-refractivity contribution in [1.82, 2.24) is 15.3 Å². The van der Waals surface area contributed by atoms with Crippen molar-refractivity contribution in [2.45, 2.75) is 51.5 Å². The molecule has 1 unspecified atom stereocenters. The molecule has 0 radical (unpaired) electrons. The molecule has 100 valence electrons. The van der Waals surface area contributed by atoms with Gasteiger partial charge in [0, 0.05) is 25.0 Å². The number of hydrogen-bond donors (Lipinski definition) is 2. The zero-order chi connectivity index (χ0) is 12.6. The predicted octanol–water partition coefficient (Wildman–Crippen LogP) is 2.37. The highest BCUT2D eigenvalue weighted by Crippen LogP contribution is 2.10. The Hall–Kier alpha value is -1.16. The van der Waals surface area contributed by atoms with E-state index in [-0.39, 0.29) is 0 Å².